The van der Waals surface area contributed by atoms with Crippen LogP contribution in [0.5, 0.6) is 0 Å². The minimum absolute atomic E-state index is 0.0111. The molecule has 0 amide bonds. The van der Waals surface area contributed by atoms with Crippen LogP contribution in [-0.4, -0.2) is 21.0 Å². The number of carboxylic acid groups (broad SMARTS) is 1. The van der Waals surface area contributed by atoms with Crippen molar-refractivity contribution in [2.75, 3.05) is 0 Å². The van der Waals surface area contributed by atoms with Gasteiger partial charge in [0, 0.05) is 16.4 Å². The van der Waals surface area contributed by atoms with Crippen molar-refractivity contribution in [2.45, 2.75) is 58.3 Å². The number of carboxylic acids is 1. The third kappa shape index (κ3) is 2.69. The maximum absolute atomic E-state index is 13.6. The van der Waals surface area contributed by atoms with Crippen LogP contribution in [0.2, 0.25) is 0 Å². The van der Waals surface area contributed by atoms with E-state index in [4.69, 9.17) is 5.11 Å². The first kappa shape index (κ1) is 15.6. The van der Waals surface area contributed by atoms with Crippen molar-refractivity contribution < 1.29 is 14.3 Å². The Kier molecular flexibility index (Phi) is 3.64. The number of rotatable bonds is 2. The van der Waals surface area contributed by atoms with E-state index in [-0.39, 0.29) is 16.4 Å². The van der Waals surface area contributed by atoms with E-state index in [0.717, 1.165) is 24.2 Å². The Morgan fingerprint density at radius 1 is 1.19 bits per heavy atom. The van der Waals surface area contributed by atoms with Crippen LogP contribution >= 0.6 is 0 Å². The molecule has 0 saturated heterocycles. The Bertz CT molecular complexity index is 633. The second-order valence-corrected chi connectivity index (χ2v) is 6.96. The summed E-state index contributed by atoms with van der Waals surface area (Å²) in [7, 11) is 0. The molecule has 1 aromatic heterocycles. The van der Waals surface area contributed by atoms with Crippen molar-refractivity contribution in [1.82, 2.24) is 9.97 Å². The van der Waals surface area contributed by atoms with Gasteiger partial charge in [0.1, 0.15) is 0 Å². The van der Waals surface area contributed by atoms with E-state index in [1.54, 1.807) is 0 Å². The second kappa shape index (κ2) is 4.90. The predicted molar refractivity (Wildman–Crippen MR) is 78.7 cm³/mol. The summed E-state index contributed by atoms with van der Waals surface area (Å²) in [4.78, 5) is 19.8. The topological polar surface area (TPSA) is 63.1 Å². The van der Waals surface area contributed by atoms with Crippen LogP contribution in [-0.2, 0) is 15.6 Å². The summed E-state index contributed by atoms with van der Waals surface area (Å²) in [6.45, 7) is 9.84. The molecule has 0 unspecified atom stereocenters. The maximum Gasteiger partial charge on any atom is 0.365 e. The highest BCUT2D eigenvalue weighted by atomic mass is 19.1. The average Bonchev–Trinajstić information content (AvgIpc) is 2.42. The molecular weight excluding hydrogens is 271 g/mol. The lowest BCUT2D eigenvalue weighted by atomic mass is 9.67. The molecule has 0 aromatic carbocycles. The highest BCUT2D eigenvalue weighted by molar-refractivity contribution is 5.92. The van der Waals surface area contributed by atoms with E-state index in [9.17, 15) is 9.18 Å². The number of carbonyl (C=O) groups is 1. The molecule has 2 rings (SSSR count). The summed E-state index contributed by atoms with van der Waals surface area (Å²) >= 11 is 0. The molecule has 0 saturated carbocycles. The zero-order valence-corrected chi connectivity index (χ0v) is 13.1. The van der Waals surface area contributed by atoms with Gasteiger partial charge in [0.25, 0.3) is 0 Å². The molecular formula is C16H21FN2O2. The number of fused-ring (bicyclic) bond motifs is 1. The number of hydrogen-bond donors (Lipinski definition) is 1. The van der Waals surface area contributed by atoms with Crippen LogP contribution in [0.1, 0.15) is 64.5 Å². The van der Waals surface area contributed by atoms with Crippen molar-refractivity contribution in [3.05, 3.63) is 29.1 Å². The molecule has 1 aromatic rings. The molecule has 1 heterocycles. The standard InChI is InChI=1S/C16H21FN2O2/c1-9(11(17)14(20)21)10-8-18-12-13(19-10)16(4,5)7-6-15(12,2)3/h8H,6-7H2,1-5H3,(H,20,21). The van der Waals surface area contributed by atoms with Gasteiger partial charge in [0.15, 0.2) is 0 Å². The van der Waals surface area contributed by atoms with Gasteiger partial charge in [-0.05, 0) is 19.8 Å². The van der Waals surface area contributed by atoms with Crippen molar-refractivity contribution in [2.24, 2.45) is 0 Å². The van der Waals surface area contributed by atoms with Crippen LogP contribution in [0.15, 0.2) is 12.0 Å². The van der Waals surface area contributed by atoms with Crippen LogP contribution in [0.25, 0.3) is 5.57 Å². The van der Waals surface area contributed by atoms with Crippen molar-refractivity contribution in [3.63, 3.8) is 0 Å². The van der Waals surface area contributed by atoms with Crippen molar-refractivity contribution in [3.8, 4) is 0 Å². The van der Waals surface area contributed by atoms with Gasteiger partial charge in [0.05, 0.1) is 23.3 Å². The number of aromatic nitrogens is 2. The largest absolute Gasteiger partial charge is 0.476 e. The first-order valence-electron chi connectivity index (χ1n) is 7.04. The molecule has 114 valence electrons. The van der Waals surface area contributed by atoms with Gasteiger partial charge in [-0.3, -0.25) is 4.98 Å². The van der Waals surface area contributed by atoms with E-state index < -0.39 is 11.8 Å². The monoisotopic (exact) mass is 292 g/mol. The first-order chi connectivity index (χ1) is 9.56. The Morgan fingerprint density at radius 2 is 1.71 bits per heavy atom. The fourth-order valence-corrected chi connectivity index (χ4v) is 2.67. The highest BCUT2D eigenvalue weighted by Gasteiger charge is 2.39. The smallest absolute Gasteiger partial charge is 0.365 e. The van der Waals surface area contributed by atoms with Gasteiger partial charge in [-0.1, -0.05) is 27.7 Å². The molecule has 1 N–H and O–H groups in total. The number of aliphatic carboxylic acids is 1. The Hall–Kier alpha value is -1.78. The Balaban J connectivity index is 2.62. The van der Waals surface area contributed by atoms with Crippen LogP contribution in [0, 0.1) is 0 Å². The van der Waals surface area contributed by atoms with Crippen molar-refractivity contribution >= 4 is 11.5 Å². The molecule has 0 fully saturated rings. The molecule has 4 nitrogen and oxygen atoms in total. The average molecular weight is 292 g/mol. The lowest BCUT2D eigenvalue weighted by molar-refractivity contribution is -0.134. The number of nitrogens with zero attached hydrogens (tertiary/aromatic N) is 2. The normalized spacial score (nSPS) is 20.5. The molecule has 0 atom stereocenters. The van der Waals surface area contributed by atoms with E-state index >= 15 is 0 Å². The lowest BCUT2D eigenvalue weighted by Crippen LogP contribution is -2.36. The molecule has 1 aliphatic carbocycles. The molecule has 0 spiro atoms. The second-order valence-electron chi connectivity index (χ2n) is 6.96. The minimum Gasteiger partial charge on any atom is -0.476 e. The van der Waals surface area contributed by atoms with Gasteiger partial charge in [-0.25, -0.2) is 9.78 Å². The van der Waals surface area contributed by atoms with Gasteiger partial charge in [-0.2, -0.15) is 4.39 Å². The summed E-state index contributed by atoms with van der Waals surface area (Å²) in [6, 6.07) is 0. The Labute approximate surface area is 124 Å². The molecule has 1 aliphatic rings. The van der Waals surface area contributed by atoms with Gasteiger partial charge in [0.2, 0.25) is 5.83 Å². The van der Waals surface area contributed by atoms with Crippen LogP contribution < -0.4 is 0 Å². The summed E-state index contributed by atoms with van der Waals surface area (Å²) in [5.74, 6) is -2.76. The quantitative estimate of drug-likeness (QED) is 0.846. The lowest BCUT2D eigenvalue weighted by Gasteiger charge is -2.39. The molecule has 0 bridgehead atoms. The fraction of sp³-hybridized carbons (Fsp3) is 0.562. The zero-order chi connectivity index (χ0) is 16.0. The fourth-order valence-electron chi connectivity index (χ4n) is 2.67. The van der Waals surface area contributed by atoms with E-state index in [2.05, 4.69) is 37.7 Å². The summed E-state index contributed by atoms with van der Waals surface area (Å²) in [5.41, 5.74) is 1.85. The van der Waals surface area contributed by atoms with E-state index in [0.29, 0.717) is 5.69 Å². The number of hydrogen-bond acceptors (Lipinski definition) is 3. The van der Waals surface area contributed by atoms with E-state index in [1.165, 1.54) is 13.1 Å². The van der Waals surface area contributed by atoms with Crippen LogP contribution in [0.4, 0.5) is 4.39 Å². The number of allylic oxidation sites excluding steroid dienone is 1. The molecule has 0 radical (unpaired) electrons. The third-order valence-corrected chi connectivity index (χ3v) is 4.33. The van der Waals surface area contributed by atoms with Crippen LogP contribution in [0.3, 0.4) is 0 Å². The van der Waals surface area contributed by atoms with Gasteiger partial charge >= 0.3 is 5.97 Å². The first-order valence-corrected chi connectivity index (χ1v) is 7.04. The summed E-state index contributed by atoms with van der Waals surface area (Å²) in [5, 5.41) is 8.76. The van der Waals surface area contributed by atoms with Crippen molar-refractivity contribution in [1.29, 1.82) is 0 Å². The number of halogens is 1. The molecule has 5 heteroatoms. The SMILES string of the molecule is CC(=C(F)C(=O)O)c1cnc2c(n1)C(C)(C)CCC2(C)C. The molecule has 21 heavy (non-hydrogen) atoms. The predicted octanol–water partition coefficient (Wildman–Crippen LogP) is 3.61. The molecule has 0 aliphatic heterocycles. The third-order valence-electron chi connectivity index (χ3n) is 4.33. The van der Waals surface area contributed by atoms with Gasteiger partial charge in [-0.15, -0.1) is 0 Å². The minimum atomic E-state index is -1.58. The maximum atomic E-state index is 13.6. The summed E-state index contributed by atoms with van der Waals surface area (Å²) in [6.07, 6.45) is 3.45. The van der Waals surface area contributed by atoms with Gasteiger partial charge < -0.3 is 5.11 Å². The summed E-state index contributed by atoms with van der Waals surface area (Å²) < 4.78 is 13.6. The highest BCUT2D eigenvalue weighted by Crippen LogP contribution is 2.44. The Morgan fingerprint density at radius 3 is 2.24 bits per heavy atom. The van der Waals surface area contributed by atoms with E-state index in [1.807, 2.05) is 0 Å². The zero-order valence-electron chi connectivity index (χ0n) is 13.1.